The van der Waals surface area contributed by atoms with Crippen molar-refractivity contribution in [2.24, 2.45) is 0 Å². The van der Waals surface area contributed by atoms with Crippen molar-refractivity contribution in [3.05, 3.63) is 29.3 Å². The highest BCUT2D eigenvalue weighted by molar-refractivity contribution is 5.76. The second-order valence-electron chi connectivity index (χ2n) is 6.34. The third kappa shape index (κ3) is 3.83. The van der Waals surface area contributed by atoms with Crippen LogP contribution in [0.5, 0.6) is 5.75 Å². The molecule has 0 aliphatic carbocycles. The number of aliphatic hydroxyl groups is 2. The average molecular weight is 321 g/mol. The number of hydrogen-bond donors (Lipinski definition) is 3. The average Bonchev–Trinajstić information content (AvgIpc) is 2.89. The minimum atomic E-state index is -0.980. The third-order valence-electron chi connectivity index (χ3n) is 4.34. The topological polar surface area (TPSA) is 88.0 Å². The number of rotatable bonds is 4. The first-order valence-electron chi connectivity index (χ1n) is 8.04. The van der Waals surface area contributed by atoms with E-state index in [1.807, 2.05) is 19.1 Å². The fraction of sp³-hybridized carbons (Fsp3) is 0.588. The van der Waals surface area contributed by atoms with E-state index in [9.17, 15) is 15.0 Å². The van der Waals surface area contributed by atoms with Crippen LogP contribution in [-0.4, -0.2) is 53.7 Å². The standard InChI is InChI=1S/C17H23NO5/c1-10-6-12-7-11(2-4-15(12)23-10)3-5-16(20)18-13-8-22-9-14(19)17(13)21/h2,4,7,10,13-14,17,19,21H,3,5-6,8-9H2,1H3,(H,18,20)/t10-,13-,14-,17+/m1/s1. The molecule has 1 aromatic rings. The summed E-state index contributed by atoms with van der Waals surface area (Å²) in [5, 5.41) is 22.1. The Morgan fingerprint density at radius 1 is 1.35 bits per heavy atom. The number of amides is 1. The Bertz CT molecular complexity index is 576. The minimum absolute atomic E-state index is 0.100. The van der Waals surface area contributed by atoms with Gasteiger partial charge in [-0.05, 0) is 30.5 Å². The second-order valence-corrected chi connectivity index (χ2v) is 6.34. The third-order valence-corrected chi connectivity index (χ3v) is 4.34. The molecule has 0 bridgehead atoms. The van der Waals surface area contributed by atoms with Crippen LogP contribution in [0.2, 0.25) is 0 Å². The van der Waals surface area contributed by atoms with Gasteiger partial charge in [0.2, 0.25) is 5.91 Å². The monoisotopic (exact) mass is 321 g/mol. The van der Waals surface area contributed by atoms with Crippen LogP contribution in [0.4, 0.5) is 0 Å². The van der Waals surface area contributed by atoms with Gasteiger partial charge in [0, 0.05) is 12.8 Å². The fourth-order valence-electron chi connectivity index (χ4n) is 3.08. The lowest BCUT2D eigenvalue weighted by Crippen LogP contribution is -2.55. The number of fused-ring (bicyclic) bond motifs is 1. The van der Waals surface area contributed by atoms with E-state index in [2.05, 4.69) is 11.4 Å². The van der Waals surface area contributed by atoms with Gasteiger partial charge < -0.3 is 25.0 Å². The Hall–Kier alpha value is -1.63. The molecular weight excluding hydrogens is 298 g/mol. The number of aliphatic hydroxyl groups excluding tert-OH is 2. The van der Waals surface area contributed by atoms with E-state index >= 15 is 0 Å². The maximum atomic E-state index is 12.0. The molecule has 0 aromatic heterocycles. The van der Waals surface area contributed by atoms with Crippen molar-refractivity contribution in [2.75, 3.05) is 13.2 Å². The Labute approximate surface area is 135 Å². The molecule has 0 spiro atoms. The van der Waals surface area contributed by atoms with E-state index in [1.165, 1.54) is 5.56 Å². The number of carbonyl (C=O) groups excluding carboxylic acids is 1. The summed E-state index contributed by atoms with van der Waals surface area (Å²) in [6.45, 7) is 2.36. The lowest BCUT2D eigenvalue weighted by atomic mass is 10.0. The molecule has 0 unspecified atom stereocenters. The maximum absolute atomic E-state index is 12.0. The van der Waals surface area contributed by atoms with Crippen molar-refractivity contribution in [3.63, 3.8) is 0 Å². The molecule has 6 nitrogen and oxygen atoms in total. The molecule has 2 aliphatic rings. The van der Waals surface area contributed by atoms with Gasteiger partial charge in [-0.3, -0.25) is 4.79 Å². The summed E-state index contributed by atoms with van der Waals surface area (Å²) in [5.41, 5.74) is 2.28. The molecule has 3 rings (SSSR count). The highest BCUT2D eigenvalue weighted by Gasteiger charge is 2.32. The lowest BCUT2D eigenvalue weighted by molar-refractivity contribution is -0.131. The molecule has 1 saturated heterocycles. The largest absolute Gasteiger partial charge is 0.490 e. The summed E-state index contributed by atoms with van der Waals surface area (Å²) >= 11 is 0. The first-order valence-corrected chi connectivity index (χ1v) is 8.04. The van der Waals surface area contributed by atoms with E-state index in [1.54, 1.807) is 0 Å². The van der Waals surface area contributed by atoms with Crippen LogP contribution in [0, 0.1) is 0 Å². The quantitative estimate of drug-likeness (QED) is 0.736. The summed E-state index contributed by atoms with van der Waals surface area (Å²) in [4.78, 5) is 12.0. The molecule has 1 amide bonds. The van der Waals surface area contributed by atoms with E-state index < -0.39 is 18.2 Å². The highest BCUT2D eigenvalue weighted by atomic mass is 16.5. The zero-order valence-electron chi connectivity index (χ0n) is 13.2. The van der Waals surface area contributed by atoms with Gasteiger partial charge in [0.25, 0.3) is 0 Å². The van der Waals surface area contributed by atoms with E-state index in [-0.39, 0.29) is 25.2 Å². The molecule has 126 valence electrons. The number of aryl methyl sites for hydroxylation is 1. The summed E-state index contributed by atoms with van der Waals surface area (Å²) in [6, 6.07) is 5.47. The summed E-state index contributed by atoms with van der Waals surface area (Å²) < 4.78 is 10.8. The van der Waals surface area contributed by atoms with E-state index in [4.69, 9.17) is 9.47 Å². The number of benzene rings is 1. The summed E-state index contributed by atoms with van der Waals surface area (Å²) in [5.74, 6) is 0.777. The predicted molar refractivity (Wildman–Crippen MR) is 83.3 cm³/mol. The molecular formula is C17H23NO5. The second kappa shape index (κ2) is 6.86. The summed E-state index contributed by atoms with van der Waals surface area (Å²) in [6.07, 6.45) is 0.134. The maximum Gasteiger partial charge on any atom is 0.220 e. The Morgan fingerprint density at radius 3 is 3.00 bits per heavy atom. The summed E-state index contributed by atoms with van der Waals surface area (Å²) in [7, 11) is 0. The molecule has 0 saturated carbocycles. The van der Waals surface area contributed by atoms with Crippen LogP contribution in [-0.2, 0) is 22.4 Å². The van der Waals surface area contributed by atoms with Crippen LogP contribution >= 0.6 is 0 Å². The molecule has 1 fully saturated rings. The molecule has 2 aliphatic heterocycles. The van der Waals surface area contributed by atoms with Crippen molar-refractivity contribution >= 4 is 5.91 Å². The predicted octanol–water partition coefficient (Wildman–Crippen LogP) is 0.179. The van der Waals surface area contributed by atoms with Gasteiger partial charge in [0.15, 0.2) is 0 Å². The molecule has 3 N–H and O–H groups in total. The number of nitrogens with one attached hydrogen (secondary N) is 1. The lowest BCUT2D eigenvalue weighted by Gasteiger charge is -2.32. The van der Waals surface area contributed by atoms with Gasteiger partial charge >= 0.3 is 0 Å². The van der Waals surface area contributed by atoms with Gasteiger partial charge in [-0.2, -0.15) is 0 Å². The van der Waals surface area contributed by atoms with Gasteiger partial charge in [-0.15, -0.1) is 0 Å². The SMILES string of the molecule is C[C@@H]1Cc2cc(CCC(=O)N[C@@H]3COC[C@@H](O)[C@H]3O)ccc2O1. The molecule has 2 heterocycles. The van der Waals surface area contributed by atoms with Crippen LogP contribution in [0.15, 0.2) is 18.2 Å². The van der Waals surface area contributed by atoms with Crippen LogP contribution in [0.1, 0.15) is 24.5 Å². The van der Waals surface area contributed by atoms with Gasteiger partial charge in [0.05, 0.1) is 19.3 Å². The minimum Gasteiger partial charge on any atom is -0.490 e. The first kappa shape index (κ1) is 16.2. The smallest absolute Gasteiger partial charge is 0.220 e. The zero-order valence-corrected chi connectivity index (χ0v) is 13.2. The van der Waals surface area contributed by atoms with Crippen LogP contribution < -0.4 is 10.1 Å². The zero-order chi connectivity index (χ0) is 16.4. The molecule has 4 atom stereocenters. The molecule has 0 radical (unpaired) electrons. The van der Waals surface area contributed by atoms with Crippen molar-refractivity contribution < 1.29 is 24.5 Å². The number of ether oxygens (including phenoxy) is 2. The van der Waals surface area contributed by atoms with Crippen molar-refractivity contribution in [1.29, 1.82) is 0 Å². The molecule has 6 heteroatoms. The van der Waals surface area contributed by atoms with Crippen molar-refractivity contribution in [2.45, 2.75) is 50.5 Å². The van der Waals surface area contributed by atoms with Crippen LogP contribution in [0.25, 0.3) is 0 Å². The fourth-order valence-corrected chi connectivity index (χ4v) is 3.08. The molecule has 23 heavy (non-hydrogen) atoms. The Kier molecular flexibility index (Phi) is 4.84. The number of carbonyl (C=O) groups is 1. The van der Waals surface area contributed by atoms with Crippen LogP contribution in [0.3, 0.4) is 0 Å². The van der Waals surface area contributed by atoms with Gasteiger partial charge in [-0.25, -0.2) is 0 Å². The van der Waals surface area contributed by atoms with E-state index in [0.29, 0.717) is 12.8 Å². The van der Waals surface area contributed by atoms with Gasteiger partial charge in [0.1, 0.15) is 24.1 Å². The highest BCUT2D eigenvalue weighted by Crippen LogP contribution is 2.29. The van der Waals surface area contributed by atoms with E-state index in [0.717, 1.165) is 17.7 Å². The Morgan fingerprint density at radius 2 is 2.17 bits per heavy atom. The normalized spacial score (nSPS) is 29.7. The van der Waals surface area contributed by atoms with Gasteiger partial charge in [-0.1, -0.05) is 12.1 Å². The van der Waals surface area contributed by atoms with Crippen molar-refractivity contribution in [1.82, 2.24) is 5.32 Å². The Balaban J connectivity index is 1.50. The first-order chi connectivity index (χ1) is 11.0. The van der Waals surface area contributed by atoms with Crippen molar-refractivity contribution in [3.8, 4) is 5.75 Å². The number of hydrogen-bond acceptors (Lipinski definition) is 5. The molecule has 1 aromatic carbocycles.